The molecule has 2 aromatic rings. The number of nitrogens with zero attached hydrogens (tertiary/aromatic N) is 3. The summed E-state index contributed by atoms with van der Waals surface area (Å²) in [6.45, 7) is 1.73. The zero-order valence-electron chi connectivity index (χ0n) is 10.2. The third kappa shape index (κ3) is 3.38. The molecule has 2 rings (SSSR count). The fourth-order valence-electron chi connectivity index (χ4n) is 1.28. The molecule has 0 amide bonds. The number of aromatic nitrogens is 4. The number of carbonyl (C=O) groups excluding carboxylic acids is 1. The van der Waals surface area contributed by atoms with E-state index in [9.17, 15) is 9.59 Å². The second-order valence-electron chi connectivity index (χ2n) is 3.53. The highest BCUT2D eigenvalue weighted by atomic mass is 32.2. The second kappa shape index (κ2) is 5.61. The largest absolute Gasteiger partial charge is 0.464 e. The zero-order valence-corrected chi connectivity index (χ0v) is 11.0. The molecule has 0 saturated carbocycles. The van der Waals surface area contributed by atoms with Crippen LogP contribution in [-0.2, 0) is 4.74 Å². The van der Waals surface area contributed by atoms with Crippen LogP contribution in [0.25, 0.3) is 0 Å². The predicted octanol–water partition coefficient (Wildman–Crippen LogP) is 0.806. The van der Waals surface area contributed by atoms with Crippen LogP contribution in [0.4, 0.5) is 0 Å². The number of aryl methyl sites for hydroxylation is 1. The zero-order chi connectivity index (χ0) is 13.8. The van der Waals surface area contributed by atoms with E-state index in [0.29, 0.717) is 15.9 Å². The minimum Gasteiger partial charge on any atom is -0.464 e. The minimum absolute atomic E-state index is 0.123. The van der Waals surface area contributed by atoms with Gasteiger partial charge in [0.2, 0.25) is 0 Å². The minimum atomic E-state index is -0.550. The van der Waals surface area contributed by atoms with Crippen LogP contribution in [0.15, 0.2) is 33.4 Å². The molecular formula is C11H10N4O3S. The first-order valence-electron chi connectivity index (χ1n) is 5.24. The Morgan fingerprint density at radius 3 is 2.74 bits per heavy atom. The molecule has 2 aromatic heterocycles. The average Bonchev–Trinajstić information content (AvgIpc) is 2.37. The standard InChI is InChI=1S/C11H10N4O3S/c1-6-3-8(16)15-11(14-6)19-9-5-12-7(4-13-9)10(17)18-2/h3-5H,1-2H3,(H,14,15,16). The van der Waals surface area contributed by atoms with Crippen molar-refractivity contribution >= 4 is 17.7 Å². The second-order valence-corrected chi connectivity index (χ2v) is 4.53. The van der Waals surface area contributed by atoms with E-state index in [4.69, 9.17) is 0 Å². The van der Waals surface area contributed by atoms with Gasteiger partial charge in [-0.1, -0.05) is 0 Å². The highest BCUT2D eigenvalue weighted by Crippen LogP contribution is 2.20. The molecule has 0 bridgehead atoms. The van der Waals surface area contributed by atoms with Gasteiger partial charge in [-0.2, -0.15) is 0 Å². The van der Waals surface area contributed by atoms with Gasteiger partial charge >= 0.3 is 5.97 Å². The van der Waals surface area contributed by atoms with Crippen LogP contribution < -0.4 is 5.56 Å². The first kappa shape index (κ1) is 13.2. The number of methoxy groups -OCH3 is 1. The van der Waals surface area contributed by atoms with Gasteiger partial charge in [-0.25, -0.2) is 19.7 Å². The number of hydrogen-bond acceptors (Lipinski definition) is 7. The summed E-state index contributed by atoms with van der Waals surface area (Å²) in [6, 6.07) is 1.40. The fraction of sp³-hybridized carbons (Fsp3) is 0.182. The molecule has 2 heterocycles. The molecule has 8 heteroatoms. The van der Waals surface area contributed by atoms with E-state index >= 15 is 0 Å². The molecule has 7 nitrogen and oxygen atoms in total. The summed E-state index contributed by atoms with van der Waals surface area (Å²) in [7, 11) is 1.27. The maximum Gasteiger partial charge on any atom is 0.358 e. The van der Waals surface area contributed by atoms with Crippen molar-refractivity contribution in [3.8, 4) is 0 Å². The van der Waals surface area contributed by atoms with Crippen molar-refractivity contribution < 1.29 is 9.53 Å². The van der Waals surface area contributed by atoms with Gasteiger partial charge < -0.3 is 9.72 Å². The first-order valence-corrected chi connectivity index (χ1v) is 6.06. The Balaban J connectivity index is 2.19. The fourth-order valence-corrected chi connectivity index (χ4v) is 2.03. The van der Waals surface area contributed by atoms with Crippen molar-refractivity contribution in [2.45, 2.75) is 17.1 Å². The topological polar surface area (TPSA) is 97.8 Å². The molecule has 0 atom stereocenters. The molecule has 0 unspecified atom stereocenters. The van der Waals surface area contributed by atoms with Crippen LogP contribution in [-0.4, -0.2) is 33.0 Å². The number of carbonyl (C=O) groups is 1. The summed E-state index contributed by atoms with van der Waals surface area (Å²) >= 11 is 1.15. The Hall–Kier alpha value is -2.22. The van der Waals surface area contributed by atoms with Crippen molar-refractivity contribution in [2.24, 2.45) is 0 Å². The van der Waals surface area contributed by atoms with Crippen LogP contribution in [0.3, 0.4) is 0 Å². The van der Waals surface area contributed by atoms with Crippen molar-refractivity contribution in [1.29, 1.82) is 0 Å². The number of nitrogens with one attached hydrogen (secondary N) is 1. The number of esters is 1. The van der Waals surface area contributed by atoms with E-state index in [0.717, 1.165) is 11.8 Å². The first-order chi connectivity index (χ1) is 9.08. The normalized spacial score (nSPS) is 10.2. The molecule has 0 radical (unpaired) electrons. The molecule has 0 spiro atoms. The molecule has 0 fully saturated rings. The summed E-state index contributed by atoms with van der Waals surface area (Å²) in [5.41, 5.74) is 0.511. The number of aromatic amines is 1. The van der Waals surface area contributed by atoms with E-state index < -0.39 is 5.97 Å². The van der Waals surface area contributed by atoms with Gasteiger partial charge in [0.05, 0.1) is 19.5 Å². The Morgan fingerprint density at radius 2 is 2.16 bits per heavy atom. The van der Waals surface area contributed by atoms with E-state index in [-0.39, 0.29) is 11.3 Å². The average molecular weight is 278 g/mol. The Labute approximate surface area is 112 Å². The molecule has 0 aliphatic heterocycles. The third-order valence-electron chi connectivity index (χ3n) is 2.07. The van der Waals surface area contributed by atoms with E-state index in [1.54, 1.807) is 6.92 Å². The van der Waals surface area contributed by atoms with Crippen molar-refractivity contribution in [3.05, 3.63) is 40.2 Å². The molecule has 0 aromatic carbocycles. The SMILES string of the molecule is COC(=O)c1cnc(Sc2nc(C)cc(=O)[nH]2)cn1. The Kier molecular flexibility index (Phi) is 3.91. The van der Waals surface area contributed by atoms with Gasteiger partial charge in [-0.15, -0.1) is 0 Å². The van der Waals surface area contributed by atoms with E-state index in [2.05, 4.69) is 24.7 Å². The van der Waals surface area contributed by atoms with Crippen molar-refractivity contribution in [3.63, 3.8) is 0 Å². The molecule has 0 saturated heterocycles. The number of rotatable bonds is 3. The Morgan fingerprint density at radius 1 is 1.37 bits per heavy atom. The van der Waals surface area contributed by atoms with Crippen LogP contribution >= 0.6 is 11.8 Å². The Bertz CT molecular complexity index is 654. The molecular weight excluding hydrogens is 268 g/mol. The molecule has 0 aliphatic rings. The number of hydrogen-bond donors (Lipinski definition) is 1. The lowest BCUT2D eigenvalue weighted by Crippen LogP contribution is -2.08. The van der Waals surface area contributed by atoms with Crippen molar-refractivity contribution in [2.75, 3.05) is 7.11 Å². The lowest BCUT2D eigenvalue weighted by atomic mass is 10.5. The monoisotopic (exact) mass is 278 g/mol. The predicted molar refractivity (Wildman–Crippen MR) is 67.1 cm³/mol. The highest BCUT2D eigenvalue weighted by Gasteiger charge is 2.09. The van der Waals surface area contributed by atoms with Gasteiger partial charge in [0.1, 0.15) is 5.03 Å². The molecule has 98 valence electrons. The molecule has 1 N–H and O–H groups in total. The van der Waals surface area contributed by atoms with Gasteiger partial charge in [-0.05, 0) is 18.7 Å². The molecule has 0 aliphatic carbocycles. The van der Waals surface area contributed by atoms with Gasteiger partial charge in [-0.3, -0.25) is 4.79 Å². The number of ether oxygens (including phenoxy) is 1. The van der Waals surface area contributed by atoms with Crippen LogP contribution in [0.2, 0.25) is 0 Å². The van der Waals surface area contributed by atoms with E-state index in [1.165, 1.54) is 25.6 Å². The highest BCUT2D eigenvalue weighted by molar-refractivity contribution is 7.99. The maximum atomic E-state index is 11.3. The lowest BCUT2D eigenvalue weighted by molar-refractivity contribution is 0.0593. The maximum absolute atomic E-state index is 11.3. The summed E-state index contributed by atoms with van der Waals surface area (Å²) in [5.74, 6) is -0.550. The van der Waals surface area contributed by atoms with Gasteiger partial charge in [0, 0.05) is 11.8 Å². The summed E-state index contributed by atoms with van der Waals surface area (Å²) in [6.07, 6.45) is 2.72. The smallest absolute Gasteiger partial charge is 0.358 e. The van der Waals surface area contributed by atoms with E-state index in [1.807, 2.05) is 0 Å². The van der Waals surface area contributed by atoms with Crippen molar-refractivity contribution in [1.82, 2.24) is 19.9 Å². The summed E-state index contributed by atoms with van der Waals surface area (Å²) < 4.78 is 4.52. The number of H-pyrrole nitrogens is 1. The summed E-state index contributed by atoms with van der Waals surface area (Å²) in [4.78, 5) is 37.1. The van der Waals surface area contributed by atoms with Crippen LogP contribution in [0.1, 0.15) is 16.2 Å². The molecule has 19 heavy (non-hydrogen) atoms. The van der Waals surface area contributed by atoms with Crippen LogP contribution in [0, 0.1) is 6.92 Å². The third-order valence-corrected chi connectivity index (χ3v) is 2.88. The van der Waals surface area contributed by atoms with Gasteiger partial charge in [0.15, 0.2) is 10.9 Å². The quantitative estimate of drug-likeness (QED) is 0.655. The summed E-state index contributed by atoms with van der Waals surface area (Å²) in [5, 5.41) is 0.937. The van der Waals surface area contributed by atoms with Crippen LogP contribution in [0.5, 0.6) is 0 Å². The lowest BCUT2D eigenvalue weighted by Gasteiger charge is -2.01. The van der Waals surface area contributed by atoms with Gasteiger partial charge in [0.25, 0.3) is 5.56 Å².